The van der Waals surface area contributed by atoms with Crippen LogP contribution < -0.4 is 9.62 Å². The number of pyridine rings is 1. The van der Waals surface area contributed by atoms with E-state index in [4.69, 9.17) is 4.42 Å². The zero-order chi connectivity index (χ0) is 26.8. The van der Waals surface area contributed by atoms with Gasteiger partial charge >= 0.3 is 0 Å². The molecule has 1 N–H and O–H groups in total. The fourth-order valence-corrected chi connectivity index (χ4v) is 4.33. The first-order chi connectivity index (χ1) is 16.7. The predicted molar refractivity (Wildman–Crippen MR) is 142 cm³/mol. The van der Waals surface area contributed by atoms with E-state index in [1.807, 2.05) is 58.9 Å². The Morgan fingerprint density at radius 3 is 2.23 bits per heavy atom. The maximum absolute atomic E-state index is 12.7. The molecular formula is C26H37N3O5S. The molecule has 0 unspecified atom stereocenters. The van der Waals surface area contributed by atoms with Crippen molar-refractivity contribution in [3.05, 3.63) is 47.0 Å². The van der Waals surface area contributed by atoms with Gasteiger partial charge in [0.05, 0.1) is 17.2 Å². The molecule has 0 aliphatic rings. The first-order valence-electron chi connectivity index (χ1n) is 11.8. The largest absolute Gasteiger partial charge is 0.437 e. The van der Waals surface area contributed by atoms with Crippen LogP contribution in [0.4, 0.5) is 5.82 Å². The Balaban J connectivity index is 0.00000145. The number of furan rings is 1. The number of rotatable bonds is 8. The van der Waals surface area contributed by atoms with Gasteiger partial charge in [0.2, 0.25) is 15.7 Å². The second-order valence-corrected chi connectivity index (χ2v) is 9.28. The number of fused-ring (bicyclic) bond motifs is 1. The molecule has 0 fully saturated rings. The number of aldehydes is 1. The number of amides is 1. The van der Waals surface area contributed by atoms with Crippen LogP contribution in [0.3, 0.4) is 0 Å². The summed E-state index contributed by atoms with van der Waals surface area (Å²) >= 11 is 0. The number of sulfonamides is 1. The van der Waals surface area contributed by atoms with Crippen molar-refractivity contribution in [3.63, 3.8) is 0 Å². The summed E-state index contributed by atoms with van der Waals surface area (Å²) in [6.45, 7) is 11.8. The second kappa shape index (κ2) is 13.6. The van der Waals surface area contributed by atoms with Crippen LogP contribution in [0.15, 0.2) is 34.7 Å². The van der Waals surface area contributed by atoms with Gasteiger partial charge in [-0.05, 0) is 31.9 Å². The maximum Gasteiger partial charge on any atom is 0.255 e. The Morgan fingerprint density at radius 2 is 1.71 bits per heavy atom. The lowest BCUT2D eigenvalue weighted by atomic mass is 10.0. The summed E-state index contributed by atoms with van der Waals surface area (Å²) < 4.78 is 31.9. The molecule has 1 amide bonds. The molecule has 0 radical (unpaired) electrons. The average molecular weight is 504 g/mol. The molecule has 0 aliphatic heterocycles. The first kappa shape index (κ1) is 29.8. The van der Waals surface area contributed by atoms with Crippen LogP contribution in [-0.4, -0.2) is 45.4 Å². The number of hydrogen-bond donors (Lipinski definition) is 1. The quantitative estimate of drug-likeness (QED) is 0.331. The Labute approximate surface area is 208 Å². The number of anilines is 1. The van der Waals surface area contributed by atoms with Gasteiger partial charge in [-0.3, -0.25) is 9.10 Å². The van der Waals surface area contributed by atoms with Gasteiger partial charge in [-0.1, -0.05) is 57.5 Å². The zero-order valence-corrected chi connectivity index (χ0v) is 22.7. The summed E-state index contributed by atoms with van der Waals surface area (Å²) in [6, 6.07) is 9.25. The molecule has 0 saturated heterocycles. The molecule has 0 saturated carbocycles. The summed E-state index contributed by atoms with van der Waals surface area (Å²) in [5.41, 5.74) is 2.86. The number of carbonyl (C=O) groups is 2. The van der Waals surface area contributed by atoms with Crippen molar-refractivity contribution in [2.75, 3.05) is 24.2 Å². The van der Waals surface area contributed by atoms with Gasteiger partial charge in [-0.25, -0.2) is 8.42 Å². The zero-order valence-electron chi connectivity index (χ0n) is 21.9. The normalized spacial score (nSPS) is 10.5. The minimum absolute atomic E-state index is 0.116. The fraction of sp³-hybridized carbons (Fsp3) is 0.423. The van der Waals surface area contributed by atoms with Gasteiger partial charge in [-0.2, -0.15) is 4.98 Å². The number of aromatic nitrogens is 1. The van der Waals surface area contributed by atoms with Crippen LogP contribution >= 0.6 is 0 Å². The van der Waals surface area contributed by atoms with Crippen molar-refractivity contribution in [2.45, 2.75) is 54.4 Å². The smallest absolute Gasteiger partial charge is 0.255 e. The number of aryl methyl sites for hydroxylation is 2. The molecule has 1 aromatic carbocycles. The van der Waals surface area contributed by atoms with E-state index in [0.717, 1.165) is 18.1 Å². The third-order valence-electron chi connectivity index (χ3n) is 4.93. The Morgan fingerprint density at radius 1 is 1.11 bits per heavy atom. The van der Waals surface area contributed by atoms with Crippen LogP contribution in [0.2, 0.25) is 0 Å². The number of benzene rings is 1. The lowest BCUT2D eigenvalue weighted by Crippen LogP contribution is -2.32. The van der Waals surface area contributed by atoms with E-state index >= 15 is 0 Å². The van der Waals surface area contributed by atoms with Gasteiger partial charge in [-0.15, -0.1) is 0 Å². The first-order valence-corrected chi connectivity index (χ1v) is 13.7. The summed E-state index contributed by atoms with van der Waals surface area (Å²) in [4.78, 5) is 27.8. The lowest BCUT2D eigenvalue weighted by molar-refractivity contribution is -0.107. The van der Waals surface area contributed by atoms with Gasteiger partial charge < -0.3 is 14.5 Å². The summed E-state index contributed by atoms with van der Waals surface area (Å²) in [5.74, 6) is 0.257. The monoisotopic (exact) mass is 503 g/mol. The fourth-order valence-electron chi connectivity index (χ4n) is 3.37. The Hall–Kier alpha value is -3.20. The number of unbranched alkanes of at least 4 members (excludes halogenated alkanes) is 1. The SMILES string of the molecule is CC.CC.CNC(=O)c1c(-c2ccc(C)cc2)oc2nc(N(CCCC=O)S(C)(=O)=O)c(C)cc12. The van der Waals surface area contributed by atoms with Crippen LogP contribution in [0.1, 0.15) is 62.0 Å². The highest BCUT2D eigenvalue weighted by atomic mass is 32.2. The molecule has 0 atom stereocenters. The number of nitrogens with one attached hydrogen (secondary N) is 1. The molecule has 8 nitrogen and oxygen atoms in total. The third-order valence-corrected chi connectivity index (χ3v) is 6.09. The van der Waals surface area contributed by atoms with E-state index in [0.29, 0.717) is 34.3 Å². The number of nitrogens with zero attached hydrogens (tertiary/aromatic N) is 2. The van der Waals surface area contributed by atoms with Gasteiger partial charge in [0.25, 0.3) is 5.91 Å². The van der Waals surface area contributed by atoms with E-state index < -0.39 is 10.0 Å². The van der Waals surface area contributed by atoms with Crippen molar-refractivity contribution in [1.82, 2.24) is 10.3 Å². The topological polar surface area (TPSA) is 110 Å². The Kier molecular flexibility index (Phi) is 11.6. The van der Waals surface area contributed by atoms with E-state index in [9.17, 15) is 18.0 Å². The van der Waals surface area contributed by atoms with Crippen LogP contribution in [0.5, 0.6) is 0 Å². The van der Waals surface area contributed by atoms with Crippen LogP contribution in [0.25, 0.3) is 22.4 Å². The third kappa shape index (κ3) is 7.14. The highest BCUT2D eigenvalue weighted by Crippen LogP contribution is 2.36. The average Bonchev–Trinajstić information content (AvgIpc) is 3.21. The standard InChI is InChI=1S/C22H25N3O5S.2C2H6/c1-14-7-9-16(10-8-14)19-18(21(27)23-3)17-13-15(2)20(24-22(17)30-19)25(31(4,28)29)11-5-6-12-26;2*1-2/h7-10,12-13H,5-6,11H2,1-4H3,(H,23,27);2*1-2H3. The van der Waals surface area contributed by atoms with E-state index in [1.54, 1.807) is 13.0 Å². The van der Waals surface area contributed by atoms with E-state index in [-0.39, 0.29) is 30.4 Å². The van der Waals surface area contributed by atoms with Gasteiger partial charge in [0.15, 0.2) is 0 Å². The van der Waals surface area contributed by atoms with Crippen molar-refractivity contribution < 1.29 is 22.4 Å². The van der Waals surface area contributed by atoms with Crippen molar-refractivity contribution >= 4 is 39.1 Å². The number of carbonyl (C=O) groups excluding carboxylic acids is 2. The maximum atomic E-state index is 12.7. The lowest BCUT2D eigenvalue weighted by Gasteiger charge is -2.22. The molecule has 0 aliphatic carbocycles. The van der Waals surface area contributed by atoms with Crippen molar-refractivity contribution in [3.8, 4) is 11.3 Å². The van der Waals surface area contributed by atoms with E-state index in [1.165, 1.54) is 11.4 Å². The second-order valence-electron chi connectivity index (χ2n) is 7.38. The summed E-state index contributed by atoms with van der Waals surface area (Å²) in [7, 11) is -2.10. The molecule has 9 heteroatoms. The molecule has 3 rings (SSSR count). The van der Waals surface area contributed by atoms with Gasteiger partial charge in [0.1, 0.15) is 17.9 Å². The molecule has 0 bridgehead atoms. The summed E-state index contributed by atoms with van der Waals surface area (Å²) in [5, 5.41) is 3.13. The molecular weight excluding hydrogens is 466 g/mol. The number of hydrogen-bond acceptors (Lipinski definition) is 6. The summed E-state index contributed by atoms with van der Waals surface area (Å²) in [6.07, 6.45) is 2.45. The minimum Gasteiger partial charge on any atom is -0.437 e. The van der Waals surface area contributed by atoms with E-state index in [2.05, 4.69) is 10.3 Å². The molecule has 35 heavy (non-hydrogen) atoms. The van der Waals surface area contributed by atoms with Crippen LogP contribution in [0, 0.1) is 13.8 Å². The minimum atomic E-state index is -3.64. The molecule has 192 valence electrons. The van der Waals surface area contributed by atoms with Gasteiger partial charge in [0, 0.05) is 25.6 Å². The highest BCUT2D eigenvalue weighted by Gasteiger charge is 2.26. The van der Waals surface area contributed by atoms with Crippen molar-refractivity contribution in [1.29, 1.82) is 0 Å². The molecule has 2 aromatic heterocycles. The highest BCUT2D eigenvalue weighted by molar-refractivity contribution is 7.92. The molecule has 2 heterocycles. The van der Waals surface area contributed by atoms with Crippen LogP contribution in [-0.2, 0) is 14.8 Å². The van der Waals surface area contributed by atoms with Crippen molar-refractivity contribution in [2.24, 2.45) is 0 Å². The predicted octanol–water partition coefficient (Wildman–Crippen LogP) is 5.27. The Bertz CT molecular complexity index is 1230. The molecule has 0 spiro atoms. The molecule has 3 aromatic rings.